The average Bonchev–Trinajstić information content (AvgIpc) is 2.22. The Hall–Kier alpha value is -1.21. The Labute approximate surface area is 97.7 Å². The van der Waals surface area contributed by atoms with Crippen LogP contribution in [0.5, 0.6) is 11.5 Å². The van der Waals surface area contributed by atoms with Crippen LogP contribution in [0.4, 0.5) is 0 Å². The number of halogens is 1. The highest BCUT2D eigenvalue weighted by atomic mass is 79.9. The van der Waals surface area contributed by atoms with E-state index in [0.29, 0.717) is 24.5 Å². The molecule has 0 radical (unpaired) electrons. The lowest BCUT2D eigenvalue weighted by atomic mass is 10.1. The molecule has 0 fully saturated rings. The third-order valence-corrected chi connectivity index (χ3v) is 2.52. The zero-order valence-corrected chi connectivity index (χ0v) is 10.3. The Morgan fingerprint density at radius 3 is 2.67 bits per heavy atom. The van der Waals surface area contributed by atoms with Crippen LogP contribution in [0.1, 0.15) is 12.5 Å². The van der Waals surface area contributed by atoms with Crippen molar-refractivity contribution in [2.24, 2.45) is 0 Å². The Kier molecular flexibility index (Phi) is 4.44. The normalized spacial score (nSPS) is 9.47. The molecule has 80 valence electrons. The maximum atomic E-state index is 8.68. The van der Waals surface area contributed by atoms with Crippen molar-refractivity contribution in [3.8, 4) is 17.6 Å². The van der Waals surface area contributed by atoms with Crippen LogP contribution in [-0.2, 0) is 6.42 Å². The van der Waals surface area contributed by atoms with Gasteiger partial charge in [-0.2, -0.15) is 5.26 Å². The van der Waals surface area contributed by atoms with Gasteiger partial charge in [-0.25, -0.2) is 0 Å². The fourth-order valence-electron chi connectivity index (χ4n) is 1.25. The number of benzene rings is 1. The summed E-state index contributed by atoms with van der Waals surface area (Å²) >= 11 is 3.37. The van der Waals surface area contributed by atoms with Crippen LogP contribution in [0.25, 0.3) is 0 Å². The number of hydrogen-bond donors (Lipinski definition) is 0. The van der Waals surface area contributed by atoms with Crippen LogP contribution in [0, 0.1) is 11.3 Å². The molecule has 0 saturated carbocycles. The Morgan fingerprint density at radius 1 is 1.40 bits per heavy atom. The van der Waals surface area contributed by atoms with E-state index in [9.17, 15) is 0 Å². The first kappa shape index (κ1) is 11.9. The minimum Gasteiger partial charge on any atom is -0.495 e. The molecule has 3 nitrogen and oxygen atoms in total. The van der Waals surface area contributed by atoms with Gasteiger partial charge in [0.1, 0.15) is 11.5 Å². The van der Waals surface area contributed by atoms with Crippen LogP contribution in [0.15, 0.2) is 16.6 Å². The van der Waals surface area contributed by atoms with Crippen molar-refractivity contribution < 1.29 is 9.47 Å². The molecule has 0 unspecified atom stereocenters. The van der Waals surface area contributed by atoms with Gasteiger partial charge in [-0.05, 0) is 28.9 Å². The second-order valence-corrected chi connectivity index (χ2v) is 3.72. The molecule has 0 heterocycles. The monoisotopic (exact) mass is 269 g/mol. The van der Waals surface area contributed by atoms with Crippen LogP contribution >= 0.6 is 15.9 Å². The number of hydrogen-bond acceptors (Lipinski definition) is 3. The number of ether oxygens (including phenoxy) is 2. The molecule has 0 aliphatic heterocycles. The molecule has 0 aliphatic carbocycles. The summed E-state index contributed by atoms with van der Waals surface area (Å²) in [6.07, 6.45) is 0.331. The summed E-state index contributed by atoms with van der Waals surface area (Å²) in [5.41, 5.74) is 0.868. The second-order valence-electron chi connectivity index (χ2n) is 2.86. The lowest BCUT2D eigenvalue weighted by Crippen LogP contribution is -1.98. The van der Waals surface area contributed by atoms with E-state index in [1.54, 1.807) is 13.2 Å². The minimum absolute atomic E-state index is 0.331. The summed E-state index contributed by atoms with van der Waals surface area (Å²) in [5.74, 6) is 1.42. The standard InChI is InChI=1S/C11H12BrNO2/c1-3-15-10-7-11(14-2)9(12)6-8(10)4-5-13/h6-7H,3-4H2,1-2H3. The summed E-state index contributed by atoms with van der Waals surface area (Å²) < 4.78 is 11.4. The van der Waals surface area contributed by atoms with E-state index in [1.807, 2.05) is 13.0 Å². The van der Waals surface area contributed by atoms with E-state index in [2.05, 4.69) is 22.0 Å². The largest absolute Gasteiger partial charge is 0.495 e. The van der Waals surface area contributed by atoms with Crippen LogP contribution in [0.2, 0.25) is 0 Å². The highest BCUT2D eigenvalue weighted by Gasteiger charge is 2.09. The van der Waals surface area contributed by atoms with Gasteiger partial charge >= 0.3 is 0 Å². The molecule has 0 aromatic heterocycles. The van der Waals surface area contributed by atoms with Gasteiger partial charge in [0.25, 0.3) is 0 Å². The summed E-state index contributed by atoms with van der Waals surface area (Å²) in [6.45, 7) is 2.48. The van der Waals surface area contributed by atoms with Gasteiger partial charge in [0.15, 0.2) is 0 Å². The molecule has 1 rings (SSSR count). The summed E-state index contributed by atoms with van der Waals surface area (Å²) in [7, 11) is 1.60. The lowest BCUT2D eigenvalue weighted by molar-refractivity contribution is 0.333. The predicted octanol–water partition coefficient (Wildman–Crippen LogP) is 2.92. The Bertz CT molecular complexity index is 385. The summed E-state index contributed by atoms with van der Waals surface area (Å²) in [6, 6.07) is 5.75. The van der Waals surface area contributed by atoms with Crippen molar-refractivity contribution in [2.75, 3.05) is 13.7 Å². The molecule has 0 bridgehead atoms. The molecule has 0 atom stereocenters. The van der Waals surface area contributed by atoms with Crippen LogP contribution < -0.4 is 9.47 Å². The van der Waals surface area contributed by atoms with Crippen molar-refractivity contribution >= 4 is 15.9 Å². The minimum atomic E-state index is 0.331. The van der Waals surface area contributed by atoms with Gasteiger partial charge in [-0.3, -0.25) is 0 Å². The zero-order chi connectivity index (χ0) is 11.3. The van der Waals surface area contributed by atoms with Gasteiger partial charge in [0.05, 0.1) is 30.7 Å². The average molecular weight is 270 g/mol. The third-order valence-electron chi connectivity index (χ3n) is 1.90. The van der Waals surface area contributed by atoms with Crippen LogP contribution in [-0.4, -0.2) is 13.7 Å². The number of nitriles is 1. The summed E-state index contributed by atoms with van der Waals surface area (Å²) in [4.78, 5) is 0. The highest BCUT2D eigenvalue weighted by molar-refractivity contribution is 9.10. The maximum Gasteiger partial charge on any atom is 0.136 e. The highest BCUT2D eigenvalue weighted by Crippen LogP contribution is 2.33. The molecular weight excluding hydrogens is 258 g/mol. The second kappa shape index (κ2) is 5.62. The first-order valence-electron chi connectivity index (χ1n) is 4.59. The van der Waals surface area contributed by atoms with E-state index in [1.165, 1.54) is 0 Å². The molecule has 1 aromatic rings. The van der Waals surface area contributed by atoms with Crippen molar-refractivity contribution in [1.82, 2.24) is 0 Å². The number of rotatable bonds is 4. The Balaban J connectivity index is 3.14. The van der Waals surface area contributed by atoms with Crippen molar-refractivity contribution in [3.63, 3.8) is 0 Å². The fourth-order valence-corrected chi connectivity index (χ4v) is 1.80. The lowest BCUT2D eigenvalue weighted by Gasteiger charge is -2.11. The SMILES string of the molecule is CCOc1cc(OC)c(Br)cc1CC#N. The predicted molar refractivity (Wildman–Crippen MR) is 61.2 cm³/mol. The Morgan fingerprint density at radius 2 is 2.13 bits per heavy atom. The topological polar surface area (TPSA) is 42.2 Å². The molecule has 0 amide bonds. The molecule has 0 spiro atoms. The first-order chi connectivity index (χ1) is 7.22. The number of methoxy groups -OCH3 is 1. The molecule has 15 heavy (non-hydrogen) atoms. The van der Waals surface area contributed by atoms with E-state index in [-0.39, 0.29) is 0 Å². The van der Waals surface area contributed by atoms with Gasteiger partial charge in [-0.15, -0.1) is 0 Å². The fraction of sp³-hybridized carbons (Fsp3) is 0.364. The van der Waals surface area contributed by atoms with Gasteiger partial charge in [0.2, 0.25) is 0 Å². The van der Waals surface area contributed by atoms with Gasteiger partial charge < -0.3 is 9.47 Å². The van der Waals surface area contributed by atoms with E-state index in [0.717, 1.165) is 10.0 Å². The molecule has 4 heteroatoms. The summed E-state index contributed by atoms with van der Waals surface area (Å²) in [5, 5.41) is 8.68. The van der Waals surface area contributed by atoms with Gasteiger partial charge in [-0.1, -0.05) is 0 Å². The molecule has 1 aromatic carbocycles. The molecule has 0 N–H and O–H groups in total. The number of nitrogens with zero attached hydrogens (tertiary/aromatic N) is 1. The van der Waals surface area contributed by atoms with E-state index >= 15 is 0 Å². The first-order valence-corrected chi connectivity index (χ1v) is 5.38. The zero-order valence-electron chi connectivity index (χ0n) is 8.71. The quantitative estimate of drug-likeness (QED) is 0.844. The smallest absolute Gasteiger partial charge is 0.136 e. The molecule has 0 aliphatic rings. The van der Waals surface area contributed by atoms with Crippen molar-refractivity contribution in [3.05, 3.63) is 22.2 Å². The van der Waals surface area contributed by atoms with E-state index < -0.39 is 0 Å². The van der Waals surface area contributed by atoms with E-state index in [4.69, 9.17) is 14.7 Å². The molecular formula is C11H12BrNO2. The third kappa shape index (κ3) is 2.87. The molecule has 0 saturated heterocycles. The van der Waals surface area contributed by atoms with Crippen molar-refractivity contribution in [1.29, 1.82) is 5.26 Å². The van der Waals surface area contributed by atoms with Crippen molar-refractivity contribution in [2.45, 2.75) is 13.3 Å². The van der Waals surface area contributed by atoms with Gasteiger partial charge in [0, 0.05) is 11.6 Å². The van der Waals surface area contributed by atoms with Crippen LogP contribution in [0.3, 0.4) is 0 Å². The maximum absolute atomic E-state index is 8.68.